The molecule has 1 atom stereocenters. The van der Waals surface area contributed by atoms with Crippen molar-refractivity contribution in [3.05, 3.63) is 70.6 Å². The molecule has 0 saturated carbocycles. The molecule has 0 amide bonds. The third-order valence-electron chi connectivity index (χ3n) is 3.85. The normalized spacial score (nSPS) is 12.2. The van der Waals surface area contributed by atoms with Crippen molar-refractivity contribution in [2.24, 2.45) is 0 Å². The molecule has 0 aliphatic heterocycles. The summed E-state index contributed by atoms with van der Waals surface area (Å²) in [6, 6.07) is 16.0. The molecule has 3 aromatic rings. The quantitative estimate of drug-likeness (QED) is 0.675. The second-order valence-corrected chi connectivity index (χ2v) is 5.82. The minimum absolute atomic E-state index is 0.0831. The standard InChI is InChI=1S/C19H19NO4/c1-20(9-10-23-16-5-3-2-4-6-16)13-14-11-19(22)24-18-12-15(21)7-8-17(14)18/h2-8,11-12,21H,9-10,13H2,1H3/p+1. The van der Waals surface area contributed by atoms with Crippen LogP contribution in [0.5, 0.6) is 11.5 Å². The van der Waals surface area contributed by atoms with E-state index in [1.165, 1.54) is 17.0 Å². The van der Waals surface area contributed by atoms with Crippen molar-refractivity contribution in [2.45, 2.75) is 6.54 Å². The number of phenolic OH excluding ortho intramolecular Hbond substituents is 1. The summed E-state index contributed by atoms with van der Waals surface area (Å²) in [5, 5.41) is 10.4. The highest BCUT2D eigenvalue weighted by molar-refractivity contribution is 5.81. The van der Waals surface area contributed by atoms with Crippen LogP contribution in [-0.2, 0) is 6.54 Å². The number of hydrogen-bond donors (Lipinski definition) is 2. The van der Waals surface area contributed by atoms with Gasteiger partial charge in [0.15, 0.2) is 0 Å². The molecule has 0 aliphatic rings. The van der Waals surface area contributed by atoms with Crippen LogP contribution in [0.25, 0.3) is 11.0 Å². The molecule has 5 nitrogen and oxygen atoms in total. The molecule has 24 heavy (non-hydrogen) atoms. The number of fused-ring (bicyclic) bond motifs is 1. The van der Waals surface area contributed by atoms with Gasteiger partial charge in [0.2, 0.25) is 0 Å². The Hall–Kier alpha value is -2.79. The maximum atomic E-state index is 11.7. The number of likely N-dealkylation sites (N-methyl/N-ethyl adjacent to an activating group) is 1. The highest BCUT2D eigenvalue weighted by Crippen LogP contribution is 2.21. The van der Waals surface area contributed by atoms with E-state index in [1.807, 2.05) is 30.3 Å². The van der Waals surface area contributed by atoms with Crippen LogP contribution in [0.2, 0.25) is 0 Å². The molecular weight excluding hydrogens is 306 g/mol. The van der Waals surface area contributed by atoms with Crippen LogP contribution in [0.3, 0.4) is 0 Å². The Morgan fingerprint density at radius 1 is 1.12 bits per heavy atom. The lowest BCUT2D eigenvalue weighted by atomic mass is 10.1. The fourth-order valence-corrected chi connectivity index (χ4v) is 2.64. The Kier molecular flexibility index (Phi) is 4.82. The van der Waals surface area contributed by atoms with E-state index in [9.17, 15) is 9.90 Å². The lowest BCUT2D eigenvalue weighted by molar-refractivity contribution is -0.893. The number of para-hydroxylation sites is 1. The van der Waals surface area contributed by atoms with Crippen molar-refractivity contribution in [2.75, 3.05) is 20.2 Å². The number of ether oxygens (including phenoxy) is 1. The molecule has 2 N–H and O–H groups in total. The predicted molar refractivity (Wildman–Crippen MR) is 91.5 cm³/mol. The minimum atomic E-state index is -0.406. The van der Waals surface area contributed by atoms with Gasteiger partial charge in [0.1, 0.15) is 36.8 Å². The molecule has 3 rings (SSSR count). The predicted octanol–water partition coefficient (Wildman–Crippen LogP) is 1.59. The summed E-state index contributed by atoms with van der Waals surface area (Å²) in [6.45, 7) is 2.07. The van der Waals surface area contributed by atoms with Crippen LogP contribution in [0.1, 0.15) is 5.56 Å². The van der Waals surface area contributed by atoms with Crippen molar-refractivity contribution < 1.29 is 19.2 Å². The van der Waals surface area contributed by atoms with Crippen LogP contribution in [0.4, 0.5) is 0 Å². The van der Waals surface area contributed by atoms with E-state index >= 15 is 0 Å². The lowest BCUT2D eigenvalue weighted by Gasteiger charge is -2.15. The SMILES string of the molecule is C[NH+](CCOc1ccccc1)Cc1cc(=O)oc2cc(O)ccc12. The summed E-state index contributed by atoms with van der Waals surface area (Å²) in [5.74, 6) is 0.936. The largest absolute Gasteiger partial charge is 0.508 e. The Bertz CT molecular complexity index is 873. The molecule has 1 unspecified atom stereocenters. The minimum Gasteiger partial charge on any atom is -0.508 e. The third-order valence-corrected chi connectivity index (χ3v) is 3.85. The first kappa shape index (κ1) is 16.1. The molecule has 0 fully saturated rings. The van der Waals surface area contributed by atoms with E-state index in [0.29, 0.717) is 18.7 Å². The summed E-state index contributed by atoms with van der Waals surface area (Å²) < 4.78 is 10.9. The summed E-state index contributed by atoms with van der Waals surface area (Å²) in [7, 11) is 2.05. The fraction of sp³-hybridized carbons (Fsp3) is 0.211. The lowest BCUT2D eigenvalue weighted by Crippen LogP contribution is -3.08. The summed E-state index contributed by atoms with van der Waals surface area (Å²) in [4.78, 5) is 12.9. The van der Waals surface area contributed by atoms with Gasteiger partial charge in [0.25, 0.3) is 0 Å². The van der Waals surface area contributed by atoms with E-state index in [1.54, 1.807) is 12.1 Å². The number of hydrogen-bond acceptors (Lipinski definition) is 4. The molecular formula is C19H20NO4+. The molecule has 1 aromatic heterocycles. The maximum Gasteiger partial charge on any atom is 0.336 e. The summed E-state index contributed by atoms with van der Waals surface area (Å²) >= 11 is 0. The molecule has 2 aromatic carbocycles. The topological polar surface area (TPSA) is 64.1 Å². The van der Waals surface area contributed by atoms with Gasteiger partial charge in [-0.05, 0) is 24.3 Å². The number of quaternary nitrogens is 1. The highest BCUT2D eigenvalue weighted by atomic mass is 16.5. The Morgan fingerprint density at radius 3 is 2.71 bits per heavy atom. The molecule has 124 valence electrons. The summed E-state index contributed by atoms with van der Waals surface area (Å²) in [5.41, 5.74) is 0.903. The number of benzene rings is 2. The Balaban J connectivity index is 1.67. The van der Waals surface area contributed by atoms with Crippen LogP contribution < -0.4 is 15.3 Å². The first-order valence-electron chi connectivity index (χ1n) is 7.87. The summed E-state index contributed by atoms with van der Waals surface area (Å²) in [6.07, 6.45) is 0. The molecule has 0 aliphatic carbocycles. The second kappa shape index (κ2) is 7.19. The van der Waals surface area contributed by atoms with Gasteiger partial charge in [-0.25, -0.2) is 4.79 Å². The van der Waals surface area contributed by atoms with E-state index in [4.69, 9.17) is 9.15 Å². The first-order valence-corrected chi connectivity index (χ1v) is 7.87. The third kappa shape index (κ3) is 3.94. The number of rotatable bonds is 6. The maximum absolute atomic E-state index is 11.7. The van der Waals surface area contributed by atoms with Gasteiger partial charge in [-0.3, -0.25) is 0 Å². The van der Waals surface area contributed by atoms with Gasteiger partial charge in [0.05, 0.1) is 7.05 Å². The van der Waals surface area contributed by atoms with Crippen molar-refractivity contribution in [1.82, 2.24) is 0 Å². The van der Waals surface area contributed by atoms with Gasteiger partial charge in [0, 0.05) is 23.1 Å². The smallest absolute Gasteiger partial charge is 0.336 e. The Labute approximate surface area is 139 Å². The van der Waals surface area contributed by atoms with Gasteiger partial charge in [-0.2, -0.15) is 0 Å². The second-order valence-electron chi connectivity index (χ2n) is 5.82. The molecule has 1 heterocycles. The number of aromatic hydroxyl groups is 1. The van der Waals surface area contributed by atoms with Crippen LogP contribution in [0.15, 0.2) is 63.8 Å². The molecule has 0 saturated heterocycles. The first-order chi connectivity index (χ1) is 11.6. The zero-order valence-electron chi connectivity index (χ0n) is 13.5. The van der Waals surface area contributed by atoms with E-state index in [-0.39, 0.29) is 5.75 Å². The van der Waals surface area contributed by atoms with Crippen molar-refractivity contribution in [3.8, 4) is 11.5 Å². The molecule has 0 spiro atoms. The van der Waals surface area contributed by atoms with E-state index in [0.717, 1.165) is 23.2 Å². The van der Waals surface area contributed by atoms with Crippen molar-refractivity contribution >= 4 is 11.0 Å². The zero-order valence-corrected chi connectivity index (χ0v) is 13.5. The zero-order chi connectivity index (χ0) is 16.9. The van der Waals surface area contributed by atoms with Crippen LogP contribution in [0, 0.1) is 0 Å². The van der Waals surface area contributed by atoms with E-state index in [2.05, 4.69) is 7.05 Å². The highest BCUT2D eigenvalue weighted by Gasteiger charge is 2.11. The average molecular weight is 326 g/mol. The number of nitrogens with one attached hydrogen (secondary N) is 1. The average Bonchev–Trinajstić information content (AvgIpc) is 2.55. The van der Waals surface area contributed by atoms with E-state index < -0.39 is 5.63 Å². The fourth-order valence-electron chi connectivity index (χ4n) is 2.64. The van der Waals surface area contributed by atoms with Crippen LogP contribution in [-0.4, -0.2) is 25.3 Å². The van der Waals surface area contributed by atoms with Crippen LogP contribution >= 0.6 is 0 Å². The van der Waals surface area contributed by atoms with Crippen molar-refractivity contribution in [3.63, 3.8) is 0 Å². The monoisotopic (exact) mass is 326 g/mol. The number of phenols is 1. The van der Waals surface area contributed by atoms with Gasteiger partial charge in [-0.1, -0.05) is 18.2 Å². The Morgan fingerprint density at radius 2 is 1.92 bits per heavy atom. The van der Waals surface area contributed by atoms with Gasteiger partial charge >= 0.3 is 5.63 Å². The van der Waals surface area contributed by atoms with Crippen molar-refractivity contribution in [1.29, 1.82) is 0 Å². The van der Waals surface area contributed by atoms with Gasteiger partial charge < -0.3 is 19.2 Å². The molecule has 0 radical (unpaired) electrons. The molecule has 5 heteroatoms. The molecule has 0 bridgehead atoms. The van der Waals surface area contributed by atoms with Gasteiger partial charge in [-0.15, -0.1) is 0 Å².